The molecular formula is C19H23N5O2. The fourth-order valence-corrected chi connectivity index (χ4v) is 3.54. The predicted molar refractivity (Wildman–Crippen MR) is 96.3 cm³/mol. The summed E-state index contributed by atoms with van der Waals surface area (Å²) in [5, 5.41) is 8.72. The minimum atomic E-state index is 0.376. The van der Waals surface area contributed by atoms with Crippen molar-refractivity contribution < 1.29 is 9.26 Å². The number of nitrogens with zero attached hydrogens (tertiary/aromatic N) is 5. The Morgan fingerprint density at radius 2 is 1.96 bits per heavy atom. The molecule has 0 aliphatic carbocycles. The summed E-state index contributed by atoms with van der Waals surface area (Å²) in [7, 11) is 3.66. The summed E-state index contributed by atoms with van der Waals surface area (Å²) >= 11 is 0. The number of hydrogen-bond acceptors (Lipinski definition) is 6. The van der Waals surface area contributed by atoms with Gasteiger partial charge in [0.25, 0.3) is 0 Å². The molecule has 26 heavy (non-hydrogen) atoms. The molecule has 7 nitrogen and oxygen atoms in total. The summed E-state index contributed by atoms with van der Waals surface area (Å²) in [6.07, 6.45) is 1.93. The Kier molecular flexibility index (Phi) is 4.81. The summed E-state index contributed by atoms with van der Waals surface area (Å²) in [4.78, 5) is 6.74. The van der Waals surface area contributed by atoms with Crippen molar-refractivity contribution in [2.24, 2.45) is 7.05 Å². The molecule has 0 unspecified atom stereocenters. The van der Waals surface area contributed by atoms with E-state index in [1.54, 1.807) is 7.11 Å². The number of methoxy groups -OCH3 is 1. The maximum absolute atomic E-state index is 5.34. The van der Waals surface area contributed by atoms with Gasteiger partial charge >= 0.3 is 0 Å². The molecule has 1 aliphatic heterocycles. The summed E-state index contributed by atoms with van der Waals surface area (Å²) in [6.45, 7) is 2.93. The van der Waals surface area contributed by atoms with Gasteiger partial charge in [0.1, 0.15) is 6.61 Å². The lowest BCUT2D eigenvalue weighted by Gasteiger charge is -2.17. The van der Waals surface area contributed by atoms with Crippen LogP contribution in [-0.2, 0) is 37.8 Å². The second-order valence-electron chi connectivity index (χ2n) is 6.58. The fourth-order valence-electron chi connectivity index (χ4n) is 3.54. The lowest BCUT2D eigenvalue weighted by molar-refractivity contribution is 0.174. The summed E-state index contributed by atoms with van der Waals surface area (Å²) in [6, 6.07) is 10.4. The molecule has 0 saturated carbocycles. The SMILES string of the molecule is COCc1noc(CN2CCc3c(-c4ccccc4)nn(C)c3CC2)n1. The first-order valence-corrected chi connectivity index (χ1v) is 8.87. The number of ether oxygens (including phenoxy) is 1. The van der Waals surface area contributed by atoms with Crippen molar-refractivity contribution in [1.29, 1.82) is 0 Å². The normalized spacial score (nSPS) is 15.0. The topological polar surface area (TPSA) is 69.2 Å². The smallest absolute Gasteiger partial charge is 0.240 e. The Balaban J connectivity index is 1.50. The molecular weight excluding hydrogens is 330 g/mol. The minimum Gasteiger partial charge on any atom is -0.377 e. The molecule has 4 rings (SSSR count). The first-order valence-electron chi connectivity index (χ1n) is 8.87. The number of aryl methyl sites for hydroxylation is 1. The third kappa shape index (κ3) is 3.40. The van der Waals surface area contributed by atoms with E-state index >= 15 is 0 Å². The molecule has 2 aromatic heterocycles. The zero-order valence-electron chi connectivity index (χ0n) is 15.2. The van der Waals surface area contributed by atoms with Gasteiger partial charge in [0.2, 0.25) is 5.89 Å². The second-order valence-corrected chi connectivity index (χ2v) is 6.58. The van der Waals surface area contributed by atoms with Gasteiger partial charge in [-0.1, -0.05) is 35.5 Å². The van der Waals surface area contributed by atoms with Gasteiger partial charge in [0.15, 0.2) is 5.82 Å². The molecule has 0 radical (unpaired) electrons. The van der Waals surface area contributed by atoms with Gasteiger partial charge in [-0.05, 0) is 6.42 Å². The summed E-state index contributed by atoms with van der Waals surface area (Å²) in [5.41, 5.74) is 4.95. The molecule has 0 amide bonds. The Hall–Kier alpha value is -2.51. The van der Waals surface area contributed by atoms with E-state index in [2.05, 4.69) is 39.3 Å². The average molecular weight is 353 g/mol. The van der Waals surface area contributed by atoms with E-state index < -0.39 is 0 Å². The monoisotopic (exact) mass is 353 g/mol. The Labute approximate surface area is 152 Å². The number of rotatable bonds is 5. The number of aromatic nitrogens is 4. The molecule has 1 aliphatic rings. The third-order valence-electron chi connectivity index (χ3n) is 4.81. The standard InChI is InChI=1S/C19H23N5O2/c1-23-16-9-11-24(12-18-20-17(13-25-2)22-26-18)10-8-15(16)19(21-23)14-6-4-3-5-7-14/h3-7H,8-13H2,1-2H3. The van der Waals surface area contributed by atoms with Crippen LogP contribution in [0.1, 0.15) is 23.0 Å². The van der Waals surface area contributed by atoms with Crippen LogP contribution in [-0.4, -0.2) is 45.0 Å². The second kappa shape index (κ2) is 7.39. The van der Waals surface area contributed by atoms with Crippen LogP contribution in [0.15, 0.2) is 34.9 Å². The first kappa shape index (κ1) is 16.9. The van der Waals surface area contributed by atoms with Crippen LogP contribution in [0.2, 0.25) is 0 Å². The Morgan fingerprint density at radius 1 is 1.15 bits per heavy atom. The molecule has 0 saturated heterocycles. The van der Waals surface area contributed by atoms with E-state index in [4.69, 9.17) is 14.4 Å². The van der Waals surface area contributed by atoms with Crippen molar-refractivity contribution >= 4 is 0 Å². The zero-order valence-corrected chi connectivity index (χ0v) is 15.2. The Morgan fingerprint density at radius 3 is 2.77 bits per heavy atom. The largest absolute Gasteiger partial charge is 0.377 e. The highest BCUT2D eigenvalue weighted by molar-refractivity contribution is 5.64. The van der Waals surface area contributed by atoms with Gasteiger partial charge in [-0.2, -0.15) is 10.1 Å². The quantitative estimate of drug-likeness (QED) is 0.700. The van der Waals surface area contributed by atoms with E-state index in [-0.39, 0.29) is 0 Å². The molecule has 0 bridgehead atoms. The molecule has 0 spiro atoms. The Bertz CT molecular complexity index is 871. The third-order valence-corrected chi connectivity index (χ3v) is 4.81. The van der Waals surface area contributed by atoms with Crippen molar-refractivity contribution in [2.75, 3.05) is 20.2 Å². The van der Waals surface area contributed by atoms with E-state index in [0.29, 0.717) is 24.9 Å². The predicted octanol–water partition coefficient (Wildman–Crippen LogP) is 2.22. The number of hydrogen-bond donors (Lipinski definition) is 0. The van der Waals surface area contributed by atoms with Gasteiger partial charge < -0.3 is 9.26 Å². The number of fused-ring (bicyclic) bond motifs is 1. The van der Waals surface area contributed by atoms with Gasteiger partial charge in [-0.25, -0.2) is 0 Å². The van der Waals surface area contributed by atoms with Crippen molar-refractivity contribution in [3.8, 4) is 11.3 Å². The molecule has 3 aromatic rings. The first-order chi connectivity index (χ1) is 12.7. The van der Waals surface area contributed by atoms with E-state index in [1.165, 1.54) is 16.8 Å². The van der Waals surface area contributed by atoms with Gasteiger partial charge in [0.05, 0.1) is 12.2 Å². The zero-order chi connectivity index (χ0) is 17.9. The molecule has 136 valence electrons. The van der Waals surface area contributed by atoms with E-state index in [1.807, 2.05) is 17.8 Å². The van der Waals surface area contributed by atoms with Crippen LogP contribution in [0.4, 0.5) is 0 Å². The van der Waals surface area contributed by atoms with Gasteiger partial charge in [-0.15, -0.1) is 0 Å². The fraction of sp³-hybridized carbons (Fsp3) is 0.421. The van der Waals surface area contributed by atoms with Crippen LogP contribution in [0, 0.1) is 0 Å². The van der Waals surface area contributed by atoms with Crippen LogP contribution in [0.3, 0.4) is 0 Å². The summed E-state index contributed by atoms with van der Waals surface area (Å²) in [5.74, 6) is 1.24. The summed E-state index contributed by atoms with van der Waals surface area (Å²) < 4.78 is 12.4. The van der Waals surface area contributed by atoms with Crippen LogP contribution >= 0.6 is 0 Å². The number of benzene rings is 1. The van der Waals surface area contributed by atoms with E-state index in [9.17, 15) is 0 Å². The van der Waals surface area contributed by atoms with Crippen LogP contribution in [0.5, 0.6) is 0 Å². The highest BCUT2D eigenvalue weighted by atomic mass is 16.5. The maximum atomic E-state index is 5.34. The van der Waals surface area contributed by atoms with Crippen molar-refractivity contribution in [2.45, 2.75) is 26.0 Å². The molecule has 7 heteroatoms. The molecule has 0 fully saturated rings. The minimum absolute atomic E-state index is 0.376. The molecule has 1 aromatic carbocycles. The van der Waals surface area contributed by atoms with Gasteiger partial charge in [-0.3, -0.25) is 9.58 Å². The molecule has 3 heterocycles. The maximum Gasteiger partial charge on any atom is 0.240 e. The lowest BCUT2D eigenvalue weighted by Crippen LogP contribution is -2.26. The van der Waals surface area contributed by atoms with Crippen molar-refractivity contribution in [3.05, 3.63) is 53.3 Å². The average Bonchev–Trinajstić information content (AvgIpc) is 3.15. The van der Waals surface area contributed by atoms with Crippen molar-refractivity contribution in [3.63, 3.8) is 0 Å². The van der Waals surface area contributed by atoms with Crippen molar-refractivity contribution in [1.82, 2.24) is 24.8 Å². The highest BCUT2D eigenvalue weighted by Gasteiger charge is 2.23. The molecule has 0 N–H and O–H groups in total. The van der Waals surface area contributed by atoms with Crippen LogP contribution in [0.25, 0.3) is 11.3 Å². The van der Waals surface area contributed by atoms with E-state index in [0.717, 1.165) is 31.6 Å². The molecule has 0 atom stereocenters. The van der Waals surface area contributed by atoms with Crippen LogP contribution < -0.4 is 0 Å². The lowest BCUT2D eigenvalue weighted by atomic mass is 10.0. The van der Waals surface area contributed by atoms with Gasteiger partial charge in [0, 0.05) is 50.5 Å². The highest BCUT2D eigenvalue weighted by Crippen LogP contribution is 2.28.